The van der Waals surface area contributed by atoms with Crippen LogP contribution in [0.5, 0.6) is 0 Å². The van der Waals surface area contributed by atoms with Crippen LogP contribution in [0.15, 0.2) is 42.5 Å². The Hall–Kier alpha value is -3.13. The molecule has 2 rings (SSSR count). The Morgan fingerprint density at radius 1 is 1.20 bits per heavy atom. The lowest BCUT2D eigenvalue weighted by molar-refractivity contribution is -0.385. The molecule has 0 fully saturated rings. The number of nitrogens with one attached hydrogen (secondary N) is 2. The van der Waals surface area contributed by atoms with Gasteiger partial charge in [-0.1, -0.05) is 23.7 Å². The van der Waals surface area contributed by atoms with Crippen LogP contribution < -0.4 is 10.6 Å². The van der Waals surface area contributed by atoms with E-state index in [9.17, 15) is 19.7 Å². The number of nitro benzene ring substituents is 1. The Balaban J connectivity index is 2.03. The maximum absolute atomic E-state index is 12.2. The van der Waals surface area contributed by atoms with Crippen molar-refractivity contribution in [3.8, 4) is 0 Å². The first kappa shape index (κ1) is 18.2. The second-order valence-corrected chi connectivity index (χ2v) is 5.35. The van der Waals surface area contributed by atoms with E-state index in [1.807, 2.05) is 0 Å². The number of amides is 2. The van der Waals surface area contributed by atoms with Gasteiger partial charge in [0.15, 0.2) is 0 Å². The summed E-state index contributed by atoms with van der Waals surface area (Å²) < 4.78 is 4.48. The van der Waals surface area contributed by atoms with Gasteiger partial charge >= 0.3 is 6.09 Å². The molecule has 0 unspecified atom stereocenters. The highest BCUT2D eigenvalue weighted by molar-refractivity contribution is 6.31. The number of hydrogen-bond donors (Lipinski definition) is 2. The molecule has 2 aromatic carbocycles. The molecule has 0 aliphatic heterocycles. The van der Waals surface area contributed by atoms with Crippen LogP contribution in [0.25, 0.3) is 0 Å². The van der Waals surface area contributed by atoms with E-state index in [1.165, 1.54) is 19.2 Å². The van der Waals surface area contributed by atoms with Crippen molar-refractivity contribution in [3.63, 3.8) is 0 Å². The van der Waals surface area contributed by atoms with E-state index in [0.29, 0.717) is 5.69 Å². The topological polar surface area (TPSA) is 111 Å². The van der Waals surface area contributed by atoms with Gasteiger partial charge in [0.2, 0.25) is 0 Å². The smallest absolute Gasteiger partial charge is 0.411 e. The molecule has 8 nitrogen and oxygen atoms in total. The fraction of sp³-hybridized carbons (Fsp3) is 0.125. The Labute approximate surface area is 147 Å². The van der Waals surface area contributed by atoms with Crippen molar-refractivity contribution in [2.45, 2.75) is 6.54 Å². The quantitative estimate of drug-likeness (QED) is 0.625. The number of ether oxygens (including phenoxy) is 1. The van der Waals surface area contributed by atoms with E-state index in [4.69, 9.17) is 11.6 Å². The van der Waals surface area contributed by atoms with Gasteiger partial charge in [-0.3, -0.25) is 20.2 Å². The van der Waals surface area contributed by atoms with Crippen LogP contribution in [0.2, 0.25) is 5.02 Å². The highest BCUT2D eigenvalue weighted by Crippen LogP contribution is 2.23. The van der Waals surface area contributed by atoms with Crippen molar-refractivity contribution in [1.29, 1.82) is 0 Å². The van der Waals surface area contributed by atoms with Crippen LogP contribution >= 0.6 is 11.6 Å². The van der Waals surface area contributed by atoms with E-state index in [2.05, 4.69) is 15.4 Å². The average molecular weight is 364 g/mol. The number of nitro groups is 1. The van der Waals surface area contributed by atoms with Crippen LogP contribution in [0.4, 0.5) is 16.2 Å². The zero-order valence-electron chi connectivity index (χ0n) is 13.1. The molecule has 9 heteroatoms. The molecule has 0 heterocycles. The zero-order chi connectivity index (χ0) is 18.4. The first-order valence-electron chi connectivity index (χ1n) is 7.06. The summed E-state index contributed by atoms with van der Waals surface area (Å²) in [6.45, 7) is 0.164. The summed E-state index contributed by atoms with van der Waals surface area (Å²) in [6.07, 6.45) is -0.587. The molecule has 0 saturated heterocycles. The largest absolute Gasteiger partial charge is 0.453 e. The third-order valence-electron chi connectivity index (χ3n) is 3.24. The fourth-order valence-electron chi connectivity index (χ4n) is 2.00. The summed E-state index contributed by atoms with van der Waals surface area (Å²) in [5.41, 5.74) is 0.858. The molecule has 2 aromatic rings. The summed E-state index contributed by atoms with van der Waals surface area (Å²) in [5.74, 6) is -0.583. The normalized spacial score (nSPS) is 10.0. The second kappa shape index (κ2) is 8.11. The van der Waals surface area contributed by atoms with E-state index in [0.717, 1.165) is 11.6 Å². The maximum Gasteiger partial charge on any atom is 0.411 e. The molecule has 2 N–H and O–H groups in total. The molecule has 130 valence electrons. The number of halogens is 1. The summed E-state index contributed by atoms with van der Waals surface area (Å²) in [4.78, 5) is 33.6. The number of benzene rings is 2. The Bertz CT molecular complexity index is 808. The van der Waals surface area contributed by atoms with Crippen molar-refractivity contribution < 1.29 is 19.2 Å². The molecular weight excluding hydrogens is 350 g/mol. The number of carbonyl (C=O) groups is 2. The van der Waals surface area contributed by atoms with Gasteiger partial charge in [-0.2, -0.15) is 0 Å². The van der Waals surface area contributed by atoms with Gasteiger partial charge in [-0.05, 0) is 29.8 Å². The number of rotatable bonds is 5. The van der Waals surface area contributed by atoms with Crippen molar-refractivity contribution in [2.24, 2.45) is 0 Å². The molecule has 0 radical (unpaired) electrons. The van der Waals surface area contributed by atoms with E-state index < -0.39 is 16.9 Å². The van der Waals surface area contributed by atoms with Crippen LogP contribution in [0.3, 0.4) is 0 Å². The molecule has 0 bridgehead atoms. The van der Waals surface area contributed by atoms with Crippen LogP contribution in [0.1, 0.15) is 15.9 Å². The Morgan fingerprint density at radius 3 is 2.48 bits per heavy atom. The van der Waals surface area contributed by atoms with Crippen molar-refractivity contribution in [1.82, 2.24) is 5.32 Å². The summed E-state index contributed by atoms with van der Waals surface area (Å²) in [5, 5.41) is 16.3. The van der Waals surface area contributed by atoms with Gasteiger partial charge in [0.05, 0.1) is 12.0 Å². The fourth-order valence-corrected chi connectivity index (χ4v) is 2.17. The monoisotopic (exact) mass is 363 g/mol. The molecule has 0 aromatic heterocycles. The molecule has 2 amide bonds. The molecule has 0 atom stereocenters. The third-order valence-corrected chi connectivity index (χ3v) is 3.47. The minimum atomic E-state index is -0.659. The lowest BCUT2D eigenvalue weighted by Crippen LogP contribution is -2.23. The van der Waals surface area contributed by atoms with E-state index in [1.54, 1.807) is 24.3 Å². The molecule has 0 aliphatic rings. The summed E-state index contributed by atoms with van der Waals surface area (Å²) in [6, 6.07) is 10.5. The number of hydrogen-bond acceptors (Lipinski definition) is 5. The molecule has 0 spiro atoms. The van der Waals surface area contributed by atoms with Gasteiger partial charge in [0, 0.05) is 23.3 Å². The predicted octanol–water partition coefficient (Wildman–Crippen LogP) is 3.36. The first-order valence-corrected chi connectivity index (χ1v) is 7.44. The minimum absolute atomic E-state index is 0.0709. The van der Waals surface area contributed by atoms with Crippen LogP contribution in [-0.2, 0) is 11.3 Å². The summed E-state index contributed by atoms with van der Waals surface area (Å²) >= 11 is 5.72. The highest BCUT2D eigenvalue weighted by Gasteiger charge is 2.20. The third kappa shape index (κ3) is 4.92. The number of methoxy groups -OCH3 is 1. The second-order valence-electron chi connectivity index (χ2n) is 4.91. The number of anilines is 1. The Kier molecular flexibility index (Phi) is 5.91. The Morgan fingerprint density at radius 2 is 1.88 bits per heavy atom. The number of carbonyl (C=O) groups excluding carboxylic acids is 2. The van der Waals surface area contributed by atoms with Crippen molar-refractivity contribution in [2.75, 3.05) is 12.4 Å². The van der Waals surface area contributed by atoms with Crippen LogP contribution in [-0.4, -0.2) is 24.0 Å². The lowest BCUT2D eigenvalue weighted by Gasteiger charge is -2.08. The van der Waals surface area contributed by atoms with E-state index in [-0.39, 0.29) is 22.8 Å². The molecule has 0 saturated carbocycles. The standard InChI is InChI=1S/C16H14ClN3O5/c1-25-16(22)19-12-5-2-10(3-6-12)9-18-15(21)13-7-4-11(17)8-14(13)20(23)24/h2-8H,9H2,1H3,(H,18,21)(H,19,22). The van der Waals surface area contributed by atoms with Gasteiger partial charge in [0.25, 0.3) is 11.6 Å². The first-order chi connectivity index (χ1) is 11.9. The highest BCUT2D eigenvalue weighted by atomic mass is 35.5. The molecule has 0 aliphatic carbocycles. The van der Waals surface area contributed by atoms with Crippen molar-refractivity contribution >= 4 is 35.0 Å². The van der Waals surface area contributed by atoms with Gasteiger partial charge in [-0.15, -0.1) is 0 Å². The maximum atomic E-state index is 12.2. The molecular formula is C16H14ClN3O5. The SMILES string of the molecule is COC(=O)Nc1ccc(CNC(=O)c2ccc(Cl)cc2[N+](=O)[O-])cc1. The van der Waals surface area contributed by atoms with Gasteiger partial charge in [-0.25, -0.2) is 4.79 Å². The molecule has 25 heavy (non-hydrogen) atoms. The van der Waals surface area contributed by atoms with Gasteiger partial charge in [0.1, 0.15) is 5.56 Å². The lowest BCUT2D eigenvalue weighted by atomic mass is 10.1. The predicted molar refractivity (Wildman–Crippen MR) is 91.7 cm³/mol. The van der Waals surface area contributed by atoms with E-state index >= 15 is 0 Å². The van der Waals surface area contributed by atoms with Crippen molar-refractivity contribution in [3.05, 3.63) is 68.7 Å². The minimum Gasteiger partial charge on any atom is -0.453 e. The van der Waals surface area contributed by atoms with Crippen LogP contribution in [0, 0.1) is 10.1 Å². The zero-order valence-corrected chi connectivity index (χ0v) is 13.9. The average Bonchev–Trinajstić information content (AvgIpc) is 2.60. The summed E-state index contributed by atoms with van der Waals surface area (Å²) in [7, 11) is 1.26. The number of nitrogens with zero attached hydrogens (tertiary/aromatic N) is 1. The van der Waals surface area contributed by atoms with Gasteiger partial charge < -0.3 is 10.1 Å².